The van der Waals surface area contributed by atoms with E-state index in [1.807, 2.05) is 17.9 Å². The maximum atomic E-state index is 12.6. The normalized spacial score (nSPS) is 31.2. The molecular formula is C17H25N3O4. The zero-order valence-electron chi connectivity index (χ0n) is 14.1. The third-order valence-corrected chi connectivity index (χ3v) is 5.30. The average molecular weight is 335 g/mol. The molecular weight excluding hydrogens is 310 g/mol. The summed E-state index contributed by atoms with van der Waals surface area (Å²) in [5, 5.41) is 4.07. The van der Waals surface area contributed by atoms with Crippen LogP contribution in [0.3, 0.4) is 0 Å². The highest BCUT2D eigenvalue weighted by atomic mass is 16.5. The predicted molar refractivity (Wildman–Crippen MR) is 85.3 cm³/mol. The summed E-state index contributed by atoms with van der Waals surface area (Å²) < 4.78 is 16.6. The number of likely N-dealkylation sites (tertiary alicyclic amines) is 1. The van der Waals surface area contributed by atoms with E-state index in [-0.39, 0.29) is 18.1 Å². The summed E-state index contributed by atoms with van der Waals surface area (Å²) in [6, 6.07) is 1.98. The van der Waals surface area contributed by atoms with Crippen molar-refractivity contribution in [3.8, 4) is 0 Å². The second kappa shape index (κ2) is 6.82. The van der Waals surface area contributed by atoms with Crippen molar-refractivity contribution in [2.24, 2.45) is 5.92 Å². The van der Waals surface area contributed by atoms with Gasteiger partial charge in [0.1, 0.15) is 11.9 Å². The van der Waals surface area contributed by atoms with Gasteiger partial charge < -0.3 is 18.9 Å². The zero-order chi connectivity index (χ0) is 16.5. The van der Waals surface area contributed by atoms with Crippen LogP contribution in [0.2, 0.25) is 0 Å². The van der Waals surface area contributed by atoms with Gasteiger partial charge in [0.05, 0.1) is 25.0 Å². The number of hydrogen-bond acceptors (Lipinski definition) is 6. The Morgan fingerprint density at radius 1 is 1.33 bits per heavy atom. The molecule has 3 fully saturated rings. The number of aryl methyl sites for hydroxylation is 1. The highest BCUT2D eigenvalue weighted by molar-refractivity contribution is 5.81. The number of fused-ring (bicyclic) bond motifs is 1. The van der Waals surface area contributed by atoms with E-state index in [0.29, 0.717) is 32.2 Å². The van der Waals surface area contributed by atoms with E-state index in [9.17, 15) is 4.79 Å². The summed E-state index contributed by atoms with van der Waals surface area (Å²) in [5.74, 6) is 1.48. The third-order valence-electron chi connectivity index (χ3n) is 5.30. The Labute approximate surface area is 141 Å². The van der Waals surface area contributed by atoms with Gasteiger partial charge in [-0.2, -0.15) is 0 Å². The maximum Gasteiger partial charge on any atom is 0.251 e. The highest BCUT2D eigenvalue weighted by Crippen LogP contribution is 2.34. The molecule has 3 atom stereocenters. The summed E-state index contributed by atoms with van der Waals surface area (Å²) >= 11 is 0. The standard InChI is InChI=1S/C17H25N3O4/c1-12-8-14(18-24-12)10-19-3-2-13-9-15(23-16(13)11-19)17(21)20-4-6-22-7-5-20/h8,13,15-16H,2-7,9-11H2,1H3/t13-,15-,16+/m0/s1. The number of hydrogen-bond donors (Lipinski definition) is 0. The van der Waals surface area contributed by atoms with Crippen LogP contribution < -0.4 is 0 Å². The first-order chi connectivity index (χ1) is 11.7. The molecule has 4 heterocycles. The molecule has 0 N–H and O–H groups in total. The minimum absolute atomic E-state index is 0.145. The van der Waals surface area contributed by atoms with E-state index in [1.165, 1.54) is 0 Å². The molecule has 1 aromatic rings. The van der Waals surface area contributed by atoms with Crippen LogP contribution in [0.1, 0.15) is 24.3 Å². The molecule has 1 aromatic heterocycles. The zero-order valence-corrected chi connectivity index (χ0v) is 14.1. The van der Waals surface area contributed by atoms with E-state index < -0.39 is 0 Å². The smallest absolute Gasteiger partial charge is 0.251 e. The molecule has 0 bridgehead atoms. The molecule has 0 saturated carbocycles. The second-order valence-corrected chi connectivity index (χ2v) is 7.05. The number of aromatic nitrogens is 1. The van der Waals surface area contributed by atoms with Gasteiger partial charge in [-0.05, 0) is 32.2 Å². The summed E-state index contributed by atoms with van der Waals surface area (Å²) in [4.78, 5) is 16.9. The molecule has 7 heteroatoms. The Kier molecular flexibility index (Phi) is 4.56. The van der Waals surface area contributed by atoms with Crippen LogP contribution in [0.25, 0.3) is 0 Å². The first-order valence-corrected chi connectivity index (χ1v) is 8.85. The Hall–Kier alpha value is -1.44. The number of piperidine rings is 1. The van der Waals surface area contributed by atoms with Gasteiger partial charge in [0.2, 0.25) is 0 Å². The van der Waals surface area contributed by atoms with E-state index in [4.69, 9.17) is 14.0 Å². The molecule has 0 radical (unpaired) electrons. The lowest BCUT2D eigenvalue weighted by Gasteiger charge is -2.33. The number of amides is 1. The van der Waals surface area contributed by atoms with Crippen LogP contribution in [-0.2, 0) is 20.8 Å². The van der Waals surface area contributed by atoms with Crippen LogP contribution in [0.15, 0.2) is 10.6 Å². The lowest BCUT2D eigenvalue weighted by atomic mass is 9.91. The number of morpholine rings is 1. The molecule has 24 heavy (non-hydrogen) atoms. The van der Waals surface area contributed by atoms with Gasteiger partial charge in [0.15, 0.2) is 0 Å². The van der Waals surface area contributed by atoms with Crippen LogP contribution in [0.5, 0.6) is 0 Å². The van der Waals surface area contributed by atoms with Crippen molar-refractivity contribution in [3.63, 3.8) is 0 Å². The molecule has 3 saturated heterocycles. The van der Waals surface area contributed by atoms with Gasteiger partial charge in [-0.1, -0.05) is 5.16 Å². The van der Waals surface area contributed by atoms with E-state index in [2.05, 4.69) is 10.1 Å². The first kappa shape index (κ1) is 16.1. The molecule has 0 spiro atoms. The van der Waals surface area contributed by atoms with Crippen molar-refractivity contribution in [2.45, 2.75) is 38.5 Å². The number of carbonyl (C=O) groups excluding carboxylic acids is 1. The Morgan fingerprint density at radius 3 is 2.92 bits per heavy atom. The van der Waals surface area contributed by atoms with Crippen LogP contribution in [0, 0.1) is 12.8 Å². The van der Waals surface area contributed by atoms with E-state index >= 15 is 0 Å². The largest absolute Gasteiger partial charge is 0.378 e. The molecule has 132 valence electrons. The lowest BCUT2D eigenvalue weighted by Crippen LogP contribution is -2.46. The molecule has 0 aromatic carbocycles. The number of carbonyl (C=O) groups is 1. The monoisotopic (exact) mass is 335 g/mol. The minimum atomic E-state index is -0.271. The summed E-state index contributed by atoms with van der Waals surface area (Å²) in [6.45, 7) is 7.22. The van der Waals surface area contributed by atoms with Gasteiger partial charge in [0.25, 0.3) is 5.91 Å². The summed E-state index contributed by atoms with van der Waals surface area (Å²) in [6.07, 6.45) is 1.82. The Morgan fingerprint density at radius 2 is 2.17 bits per heavy atom. The van der Waals surface area contributed by atoms with Crippen molar-refractivity contribution < 1.29 is 18.8 Å². The van der Waals surface area contributed by atoms with Crippen molar-refractivity contribution in [2.75, 3.05) is 39.4 Å². The van der Waals surface area contributed by atoms with Crippen LogP contribution >= 0.6 is 0 Å². The molecule has 0 unspecified atom stereocenters. The molecule has 3 aliphatic rings. The van der Waals surface area contributed by atoms with Crippen molar-refractivity contribution >= 4 is 5.91 Å². The first-order valence-electron chi connectivity index (χ1n) is 8.85. The number of rotatable bonds is 3. The highest BCUT2D eigenvalue weighted by Gasteiger charge is 2.43. The van der Waals surface area contributed by atoms with Crippen molar-refractivity contribution in [1.29, 1.82) is 0 Å². The summed E-state index contributed by atoms with van der Waals surface area (Å²) in [7, 11) is 0. The van der Waals surface area contributed by atoms with Gasteiger partial charge >= 0.3 is 0 Å². The fourth-order valence-electron chi connectivity index (χ4n) is 4.01. The molecule has 1 amide bonds. The van der Waals surface area contributed by atoms with Crippen molar-refractivity contribution in [1.82, 2.24) is 15.0 Å². The summed E-state index contributed by atoms with van der Waals surface area (Å²) in [5.41, 5.74) is 0.963. The van der Waals surface area contributed by atoms with E-state index in [0.717, 1.165) is 43.9 Å². The molecule has 3 aliphatic heterocycles. The average Bonchev–Trinajstić information content (AvgIpc) is 3.20. The fraction of sp³-hybridized carbons (Fsp3) is 0.765. The van der Waals surface area contributed by atoms with Crippen molar-refractivity contribution in [3.05, 3.63) is 17.5 Å². The minimum Gasteiger partial charge on any atom is -0.378 e. The van der Waals surface area contributed by atoms with Gasteiger partial charge in [0, 0.05) is 32.2 Å². The molecule has 4 rings (SSSR count). The number of nitrogens with zero attached hydrogens (tertiary/aromatic N) is 3. The maximum absolute atomic E-state index is 12.6. The third kappa shape index (κ3) is 3.34. The topological polar surface area (TPSA) is 68.0 Å². The quantitative estimate of drug-likeness (QED) is 0.815. The lowest BCUT2D eigenvalue weighted by molar-refractivity contribution is -0.147. The van der Waals surface area contributed by atoms with Gasteiger partial charge in [-0.15, -0.1) is 0 Å². The second-order valence-electron chi connectivity index (χ2n) is 7.05. The van der Waals surface area contributed by atoms with E-state index in [1.54, 1.807) is 0 Å². The SMILES string of the molecule is Cc1cc(CN2CC[C@H]3C[C@@H](C(=O)N4CCOCC4)O[C@@H]3C2)no1. The number of ether oxygens (including phenoxy) is 2. The van der Waals surface area contributed by atoms with Crippen LogP contribution in [0.4, 0.5) is 0 Å². The molecule has 0 aliphatic carbocycles. The van der Waals surface area contributed by atoms with Gasteiger partial charge in [-0.25, -0.2) is 0 Å². The predicted octanol–water partition coefficient (Wildman–Crippen LogP) is 0.821. The molecule has 7 nitrogen and oxygen atoms in total. The van der Waals surface area contributed by atoms with Crippen LogP contribution in [-0.4, -0.2) is 72.5 Å². The fourth-order valence-corrected chi connectivity index (χ4v) is 4.01. The van der Waals surface area contributed by atoms with Gasteiger partial charge in [-0.3, -0.25) is 9.69 Å². The Bertz CT molecular complexity index is 584. The Balaban J connectivity index is 1.32.